The summed E-state index contributed by atoms with van der Waals surface area (Å²) in [7, 11) is -3.74. The Morgan fingerprint density at radius 2 is 2.31 bits per heavy atom. The van der Waals surface area contributed by atoms with E-state index in [1.165, 1.54) is 28.6 Å². The number of rotatable bonds is 5. The van der Waals surface area contributed by atoms with E-state index in [2.05, 4.69) is 4.98 Å². The van der Waals surface area contributed by atoms with Crippen LogP contribution in [0.1, 0.15) is 24.3 Å². The summed E-state index contributed by atoms with van der Waals surface area (Å²) in [5.74, 6) is 0.659. The van der Waals surface area contributed by atoms with Crippen molar-refractivity contribution in [1.82, 2.24) is 9.55 Å². The van der Waals surface area contributed by atoms with Crippen LogP contribution < -0.4 is 16.3 Å². The average Bonchev–Trinajstić information content (AvgIpc) is 3.15. The van der Waals surface area contributed by atoms with Crippen molar-refractivity contribution in [1.29, 1.82) is 0 Å². The van der Waals surface area contributed by atoms with Crippen LogP contribution in [0.15, 0.2) is 41.3 Å². The zero-order valence-electron chi connectivity index (χ0n) is 15.2. The van der Waals surface area contributed by atoms with Gasteiger partial charge in [-0.3, -0.25) is 4.57 Å². The zero-order valence-corrected chi connectivity index (χ0v) is 17.6. The monoisotopic (exact) mass is 459 g/mol. The van der Waals surface area contributed by atoms with Crippen molar-refractivity contribution in [2.24, 2.45) is 0 Å². The average molecular weight is 460 g/mol. The molecule has 2 fully saturated rings. The molecule has 0 aliphatic carbocycles. The van der Waals surface area contributed by atoms with Gasteiger partial charge >= 0.3 is 13.9 Å². The number of aromatic nitrogens is 2. The number of benzene rings is 1. The van der Waals surface area contributed by atoms with Gasteiger partial charge in [-0.15, -0.1) is 11.8 Å². The van der Waals surface area contributed by atoms with Gasteiger partial charge in [0, 0.05) is 23.4 Å². The van der Waals surface area contributed by atoms with Gasteiger partial charge in [-0.05, 0) is 23.8 Å². The second kappa shape index (κ2) is 8.87. The highest BCUT2D eigenvalue weighted by Gasteiger charge is 2.43. The van der Waals surface area contributed by atoms with Gasteiger partial charge in [0.05, 0.1) is 0 Å². The molecule has 2 aromatic rings. The van der Waals surface area contributed by atoms with Crippen molar-refractivity contribution in [3.05, 3.63) is 57.6 Å². The van der Waals surface area contributed by atoms with E-state index in [1.54, 1.807) is 18.2 Å². The molecular formula is C17H19ClN3O6PS. The molecular weight excluding hydrogens is 441 g/mol. The Hall–Kier alpha value is -1.23. The summed E-state index contributed by atoms with van der Waals surface area (Å²) in [4.78, 5) is 28.5. The predicted molar refractivity (Wildman–Crippen MR) is 108 cm³/mol. The van der Waals surface area contributed by atoms with Crippen LogP contribution in [-0.4, -0.2) is 34.0 Å². The topological polar surface area (TPSA) is 121 Å². The molecule has 29 heavy (non-hydrogen) atoms. The molecule has 0 bridgehead atoms. The van der Waals surface area contributed by atoms with Gasteiger partial charge in [-0.25, -0.2) is 4.79 Å². The highest BCUT2D eigenvalue weighted by atomic mass is 35.5. The van der Waals surface area contributed by atoms with E-state index in [-0.39, 0.29) is 19.0 Å². The Bertz CT molecular complexity index is 936. The Kier molecular flexibility index (Phi) is 6.43. The molecule has 0 saturated carbocycles. The Balaban J connectivity index is 1.34. The maximum atomic E-state index is 12.9. The maximum Gasteiger partial charge on any atom is 0.380 e. The van der Waals surface area contributed by atoms with Crippen LogP contribution in [0.2, 0.25) is 5.02 Å². The quantitative estimate of drug-likeness (QED) is 0.671. The molecule has 3 heterocycles. The molecule has 2 N–H and O–H groups in total. The van der Waals surface area contributed by atoms with Gasteiger partial charge in [-0.1, -0.05) is 23.7 Å². The summed E-state index contributed by atoms with van der Waals surface area (Å²) in [5, 5.41) is 0.572. The van der Waals surface area contributed by atoms with Crippen molar-refractivity contribution in [2.45, 2.75) is 24.2 Å². The summed E-state index contributed by atoms with van der Waals surface area (Å²) in [6, 6.07) is 8.70. The van der Waals surface area contributed by atoms with E-state index in [9.17, 15) is 9.69 Å². The van der Waals surface area contributed by atoms with Crippen LogP contribution >= 0.6 is 31.5 Å². The number of hydrogen-bond donors (Lipinski definition) is 1. The summed E-state index contributed by atoms with van der Waals surface area (Å²) >= 11 is 7.45. The van der Waals surface area contributed by atoms with Crippen LogP contribution in [0.3, 0.4) is 0 Å². The van der Waals surface area contributed by atoms with E-state index < -0.39 is 31.6 Å². The first-order chi connectivity index (χ1) is 13.9. The molecule has 1 unspecified atom stereocenters. The number of phosphoric acid groups is 1. The van der Waals surface area contributed by atoms with Crippen LogP contribution in [0, 0.1) is 0 Å². The number of thioether (sulfide) groups is 1. The Morgan fingerprint density at radius 3 is 3.10 bits per heavy atom. The van der Waals surface area contributed by atoms with Crippen LogP contribution in [0.5, 0.6) is 0 Å². The molecule has 1 aromatic carbocycles. The number of anilines is 1. The SMILES string of the molecule is Nc1ccn([C@@H]2CS[C@H](CO[P+]3([O-])OCC[C@@H](c4cccc(Cl)c4)O3)O2)c(=O)n1. The summed E-state index contributed by atoms with van der Waals surface area (Å²) in [6.07, 6.45) is 1.13. The largest absolute Gasteiger partial charge is 0.606 e. The van der Waals surface area contributed by atoms with Gasteiger partial charge in [0.15, 0.2) is 0 Å². The van der Waals surface area contributed by atoms with Crippen LogP contribution in [0.4, 0.5) is 5.82 Å². The molecule has 0 spiro atoms. The third kappa shape index (κ3) is 5.10. The molecule has 2 aliphatic heterocycles. The minimum absolute atomic E-state index is 0.0160. The first kappa shape index (κ1) is 21.0. The second-order valence-electron chi connectivity index (χ2n) is 6.41. The fourth-order valence-electron chi connectivity index (χ4n) is 2.99. The van der Waals surface area contributed by atoms with E-state index >= 15 is 0 Å². The molecule has 0 amide bonds. The lowest BCUT2D eigenvalue weighted by Crippen LogP contribution is -2.30. The lowest BCUT2D eigenvalue weighted by atomic mass is 10.1. The van der Waals surface area contributed by atoms with E-state index in [1.807, 2.05) is 6.07 Å². The number of hydrogen-bond acceptors (Lipinski definition) is 9. The van der Waals surface area contributed by atoms with Gasteiger partial charge in [0.25, 0.3) is 0 Å². The third-order valence-corrected chi connectivity index (χ3v) is 7.18. The Labute approximate surface area is 176 Å². The molecule has 1 aromatic heterocycles. The number of phosphoric ester groups is 1. The standard InChI is InChI=1S/C17H19ClN3O6PS/c18-12-3-1-2-11(8-12)13-5-7-24-28(23,27-13)25-9-16-26-15(10-29-16)21-6-4-14(19)20-17(21)22/h1-4,6,8,13,15-16H,5,7,9-10H2,(H2,19,20,22)/t13-,15-,16+,28?/m0/s1. The normalized spacial score (nSPS) is 29.8. The second-order valence-corrected chi connectivity index (χ2v) is 9.66. The molecule has 2 aliphatic rings. The predicted octanol–water partition coefficient (Wildman–Crippen LogP) is 2.30. The number of ether oxygens (including phenoxy) is 1. The van der Waals surface area contributed by atoms with Gasteiger partial charge in [-0.2, -0.15) is 18.6 Å². The lowest BCUT2D eigenvalue weighted by Gasteiger charge is -2.33. The van der Waals surface area contributed by atoms with Gasteiger partial charge < -0.3 is 15.4 Å². The van der Waals surface area contributed by atoms with Crippen molar-refractivity contribution in [3.8, 4) is 0 Å². The number of halogens is 1. The van der Waals surface area contributed by atoms with Crippen LogP contribution in [-0.2, 0) is 18.3 Å². The molecule has 12 heteroatoms. The Morgan fingerprint density at radius 1 is 1.45 bits per heavy atom. The fraction of sp³-hybridized carbons (Fsp3) is 0.412. The van der Waals surface area contributed by atoms with Crippen LogP contribution in [0.25, 0.3) is 0 Å². The van der Waals surface area contributed by atoms with Crippen molar-refractivity contribution < 1.29 is 23.2 Å². The fourth-order valence-corrected chi connectivity index (χ4v) is 5.66. The minimum Gasteiger partial charge on any atom is -0.606 e. The summed E-state index contributed by atoms with van der Waals surface area (Å²) in [5.41, 5.74) is 5.39. The smallest absolute Gasteiger partial charge is 0.380 e. The van der Waals surface area contributed by atoms with E-state index in [4.69, 9.17) is 35.6 Å². The first-order valence-corrected chi connectivity index (χ1v) is 11.8. The van der Waals surface area contributed by atoms with Crippen molar-refractivity contribution >= 4 is 37.4 Å². The summed E-state index contributed by atoms with van der Waals surface area (Å²) in [6.45, 7) is 0.222. The van der Waals surface area contributed by atoms with Gasteiger partial charge in [0.1, 0.15) is 36.8 Å². The van der Waals surface area contributed by atoms with E-state index in [0.717, 1.165) is 5.56 Å². The van der Waals surface area contributed by atoms with Gasteiger partial charge in [0.2, 0.25) is 0 Å². The maximum absolute atomic E-state index is 12.9. The molecule has 2 saturated heterocycles. The molecule has 156 valence electrons. The molecule has 4 atom stereocenters. The summed E-state index contributed by atoms with van der Waals surface area (Å²) < 4.78 is 23.5. The lowest BCUT2D eigenvalue weighted by molar-refractivity contribution is -0.263. The van der Waals surface area contributed by atoms with Crippen molar-refractivity contribution in [3.63, 3.8) is 0 Å². The van der Waals surface area contributed by atoms with E-state index in [0.29, 0.717) is 17.2 Å². The first-order valence-electron chi connectivity index (χ1n) is 8.86. The zero-order chi connectivity index (χ0) is 20.4. The molecule has 0 radical (unpaired) electrons. The number of nitrogen functional groups attached to an aromatic ring is 1. The third-order valence-electron chi connectivity index (χ3n) is 4.37. The molecule has 9 nitrogen and oxygen atoms in total. The van der Waals surface area contributed by atoms with Crippen molar-refractivity contribution in [2.75, 3.05) is 24.7 Å². The highest BCUT2D eigenvalue weighted by molar-refractivity contribution is 8.00. The minimum atomic E-state index is -3.74. The number of nitrogens with two attached hydrogens (primary N) is 1. The molecule has 4 rings (SSSR count). The number of nitrogens with zero attached hydrogens (tertiary/aromatic N) is 2. The highest BCUT2D eigenvalue weighted by Crippen LogP contribution is 2.60.